The highest BCUT2D eigenvalue weighted by Crippen LogP contribution is 2.26. The summed E-state index contributed by atoms with van der Waals surface area (Å²) in [5.74, 6) is 0. The van der Waals surface area contributed by atoms with Gasteiger partial charge in [-0.15, -0.1) is 0 Å². The molecular formula is C8H20NOP. The van der Waals surface area contributed by atoms with Crippen molar-refractivity contribution in [2.24, 2.45) is 0 Å². The Labute approximate surface area is 72.5 Å². The van der Waals surface area contributed by atoms with Gasteiger partial charge in [0.15, 0.2) is 0 Å². The standard InChI is InChI=1S/C8H20NOP/c1-7(2,3)9(10-11)8(4,5)6/h11H2,1-6H3. The summed E-state index contributed by atoms with van der Waals surface area (Å²) in [4.78, 5) is 0. The van der Waals surface area contributed by atoms with Crippen LogP contribution in [0.25, 0.3) is 0 Å². The van der Waals surface area contributed by atoms with Crippen LogP contribution >= 0.6 is 9.47 Å². The summed E-state index contributed by atoms with van der Waals surface area (Å²) in [6.45, 7) is 12.8. The van der Waals surface area contributed by atoms with Gasteiger partial charge in [-0.3, -0.25) is 4.62 Å². The molecule has 0 aromatic carbocycles. The lowest BCUT2D eigenvalue weighted by molar-refractivity contribution is -0.174. The Hall–Kier alpha value is 0.350. The summed E-state index contributed by atoms with van der Waals surface area (Å²) in [6, 6.07) is 0. The highest BCUT2D eigenvalue weighted by atomic mass is 31.0. The first-order valence-electron chi connectivity index (χ1n) is 3.87. The van der Waals surface area contributed by atoms with Crippen LogP contribution in [0.5, 0.6) is 0 Å². The Morgan fingerprint density at radius 2 is 1.18 bits per heavy atom. The highest BCUT2D eigenvalue weighted by molar-refractivity contribution is 7.09. The quantitative estimate of drug-likeness (QED) is 0.451. The normalized spacial score (nSPS) is 14.2. The molecule has 68 valence electrons. The molecule has 0 aliphatic rings. The monoisotopic (exact) mass is 177 g/mol. The second-order valence-corrected chi connectivity index (χ2v) is 4.95. The molecule has 0 spiro atoms. The number of nitrogens with zero attached hydrogens (tertiary/aromatic N) is 1. The van der Waals surface area contributed by atoms with E-state index in [0.29, 0.717) is 0 Å². The molecule has 0 rings (SSSR count). The maximum Gasteiger partial charge on any atom is 0.0387 e. The zero-order chi connectivity index (χ0) is 9.28. The maximum absolute atomic E-state index is 5.23. The minimum absolute atomic E-state index is 0.0417. The fraction of sp³-hybridized carbons (Fsp3) is 1.00. The van der Waals surface area contributed by atoms with Crippen LogP contribution in [0.2, 0.25) is 0 Å². The van der Waals surface area contributed by atoms with Crippen LogP contribution in [0.3, 0.4) is 0 Å². The molecule has 2 nitrogen and oxygen atoms in total. The summed E-state index contributed by atoms with van der Waals surface area (Å²) in [5.41, 5.74) is 0.0833. The molecule has 0 bridgehead atoms. The first kappa shape index (κ1) is 11.4. The van der Waals surface area contributed by atoms with Gasteiger partial charge in [0.25, 0.3) is 0 Å². The molecule has 0 saturated carbocycles. The third kappa shape index (κ3) is 3.50. The van der Waals surface area contributed by atoms with E-state index >= 15 is 0 Å². The molecular weight excluding hydrogens is 157 g/mol. The zero-order valence-electron chi connectivity index (χ0n) is 8.43. The molecule has 0 aromatic heterocycles. The molecule has 0 amide bonds. The molecule has 3 heteroatoms. The molecule has 1 unspecified atom stereocenters. The van der Waals surface area contributed by atoms with Crippen molar-refractivity contribution < 1.29 is 4.62 Å². The first-order chi connectivity index (χ1) is 4.69. The second-order valence-electron chi connectivity index (χ2n) is 4.74. The molecule has 0 fully saturated rings. The average molecular weight is 177 g/mol. The molecule has 0 radical (unpaired) electrons. The average Bonchev–Trinajstić information content (AvgIpc) is 1.56. The highest BCUT2D eigenvalue weighted by Gasteiger charge is 2.31. The van der Waals surface area contributed by atoms with Crippen molar-refractivity contribution in [1.29, 1.82) is 0 Å². The zero-order valence-corrected chi connectivity index (χ0v) is 9.59. The van der Waals surface area contributed by atoms with E-state index in [4.69, 9.17) is 4.62 Å². The van der Waals surface area contributed by atoms with E-state index in [-0.39, 0.29) is 11.1 Å². The van der Waals surface area contributed by atoms with Crippen LogP contribution in [0.1, 0.15) is 41.5 Å². The minimum Gasteiger partial charge on any atom is -0.283 e. The summed E-state index contributed by atoms with van der Waals surface area (Å²) in [7, 11) is 2.29. The van der Waals surface area contributed by atoms with E-state index in [1.165, 1.54) is 0 Å². The molecule has 0 saturated heterocycles. The Morgan fingerprint density at radius 3 is 1.18 bits per heavy atom. The van der Waals surface area contributed by atoms with Crippen LogP contribution in [0, 0.1) is 0 Å². The third-order valence-electron chi connectivity index (χ3n) is 1.32. The number of rotatable bonds is 1. The van der Waals surface area contributed by atoms with Crippen molar-refractivity contribution in [3.63, 3.8) is 0 Å². The van der Waals surface area contributed by atoms with Crippen molar-refractivity contribution in [2.75, 3.05) is 0 Å². The minimum atomic E-state index is 0.0417. The first-order valence-corrected chi connectivity index (χ1v) is 4.34. The fourth-order valence-corrected chi connectivity index (χ4v) is 1.95. The smallest absolute Gasteiger partial charge is 0.0387 e. The van der Waals surface area contributed by atoms with E-state index < -0.39 is 0 Å². The van der Waals surface area contributed by atoms with E-state index in [2.05, 4.69) is 51.0 Å². The molecule has 0 aliphatic carbocycles. The molecule has 0 N–H and O–H groups in total. The van der Waals surface area contributed by atoms with Crippen LogP contribution in [-0.2, 0) is 4.62 Å². The Balaban J connectivity index is 4.43. The van der Waals surface area contributed by atoms with Gasteiger partial charge in [-0.2, -0.15) is 5.06 Å². The summed E-state index contributed by atoms with van der Waals surface area (Å²) in [5, 5.41) is 1.96. The van der Waals surface area contributed by atoms with Crippen molar-refractivity contribution in [3.05, 3.63) is 0 Å². The van der Waals surface area contributed by atoms with E-state index in [0.717, 1.165) is 0 Å². The van der Waals surface area contributed by atoms with Crippen molar-refractivity contribution in [2.45, 2.75) is 52.6 Å². The van der Waals surface area contributed by atoms with E-state index in [9.17, 15) is 0 Å². The van der Waals surface area contributed by atoms with Crippen molar-refractivity contribution in [1.82, 2.24) is 5.06 Å². The number of hydroxylamine groups is 2. The van der Waals surface area contributed by atoms with Gasteiger partial charge in [0.1, 0.15) is 0 Å². The molecule has 0 aliphatic heterocycles. The van der Waals surface area contributed by atoms with Crippen molar-refractivity contribution in [3.8, 4) is 0 Å². The van der Waals surface area contributed by atoms with Gasteiger partial charge >= 0.3 is 0 Å². The Morgan fingerprint density at radius 1 is 0.909 bits per heavy atom. The molecule has 0 aromatic rings. The second kappa shape index (κ2) is 3.38. The van der Waals surface area contributed by atoms with E-state index in [1.807, 2.05) is 5.06 Å². The van der Waals surface area contributed by atoms with Crippen LogP contribution in [0.15, 0.2) is 0 Å². The van der Waals surface area contributed by atoms with Gasteiger partial charge in [0.05, 0.1) is 0 Å². The SMILES string of the molecule is CC(C)(C)N(OP)C(C)(C)C. The van der Waals surface area contributed by atoms with Gasteiger partial charge in [0.2, 0.25) is 0 Å². The summed E-state index contributed by atoms with van der Waals surface area (Å²) < 4.78 is 5.23. The number of hydrogen-bond donors (Lipinski definition) is 0. The van der Waals surface area contributed by atoms with Crippen molar-refractivity contribution >= 4 is 9.47 Å². The third-order valence-corrected chi connectivity index (χ3v) is 1.53. The van der Waals surface area contributed by atoms with Gasteiger partial charge in [-0.25, -0.2) is 0 Å². The Bertz CT molecular complexity index is 109. The molecule has 1 atom stereocenters. The number of hydrogen-bond acceptors (Lipinski definition) is 2. The van der Waals surface area contributed by atoms with Gasteiger partial charge in [0, 0.05) is 20.5 Å². The maximum atomic E-state index is 5.23. The lowest BCUT2D eigenvalue weighted by Crippen LogP contribution is -2.50. The molecule has 0 heterocycles. The predicted molar refractivity (Wildman–Crippen MR) is 52.1 cm³/mol. The summed E-state index contributed by atoms with van der Waals surface area (Å²) >= 11 is 0. The topological polar surface area (TPSA) is 12.5 Å². The van der Waals surface area contributed by atoms with Crippen LogP contribution in [-0.4, -0.2) is 16.1 Å². The fourth-order valence-electron chi connectivity index (χ4n) is 1.32. The summed E-state index contributed by atoms with van der Waals surface area (Å²) in [6.07, 6.45) is 0. The predicted octanol–water partition coefficient (Wildman–Crippen LogP) is 2.61. The lowest BCUT2D eigenvalue weighted by atomic mass is 10.0. The lowest BCUT2D eigenvalue weighted by Gasteiger charge is -2.42. The van der Waals surface area contributed by atoms with Gasteiger partial charge < -0.3 is 0 Å². The van der Waals surface area contributed by atoms with Crippen LogP contribution < -0.4 is 0 Å². The van der Waals surface area contributed by atoms with E-state index in [1.54, 1.807) is 0 Å². The van der Waals surface area contributed by atoms with Gasteiger partial charge in [-0.05, 0) is 41.5 Å². The largest absolute Gasteiger partial charge is 0.283 e. The Kier molecular flexibility index (Phi) is 3.49. The van der Waals surface area contributed by atoms with Crippen LogP contribution in [0.4, 0.5) is 0 Å². The molecule has 11 heavy (non-hydrogen) atoms. The van der Waals surface area contributed by atoms with Gasteiger partial charge in [-0.1, -0.05) is 0 Å².